The van der Waals surface area contributed by atoms with Gasteiger partial charge in [-0.3, -0.25) is 14.4 Å². The van der Waals surface area contributed by atoms with E-state index in [1.54, 1.807) is 43.5 Å². The Morgan fingerprint density at radius 3 is 2.41 bits per heavy atom. The first kappa shape index (κ1) is 23.7. The molecule has 0 unspecified atom stereocenters. The van der Waals surface area contributed by atoms with Gasteiger partial charge in [0.1, 0.15) is 17.6 Å². The molecule has 6 nitrogen and oxygen atoms in total. The molecule has 0 bridgehead atoms. The van der Waals surface area contributed by atoms with Crippen LogP contribution in [0.1, 0.15) is 23.6 Å². The number of ketones is 1. The van der Waals surface area contributed by atoms with Crippen LogP contribution in [0.4, 0.5) is 4.39 Å². The molecule has 2 aromatic rings. The van der Waals surface area contributed by atoms with Gasteiger partial charge in [-0.05, 0) is 34.5 Å². The maximum absolute atomic E-state index is 14.7. The van der Waals surface area contributed by atoms with Crippen molar-refractivity contribution in [1.29, 1.82) is 0 Å². The lowest BCUT2D eigenvalue weighted by Gasteiger charge is -2.21. The van der Waals surface area contributed by atoms with Gasteiger partial charge in [-0.2, -0.15) is 0 Å². The van der Waals surface area contributed by atoms with Gasteiger partial charge in [-0.1, -0.05) is 43.9 Å². The smallest absolute Gasteiger partial charge is 0.226 e. The second-order valence-corrected chi connectivity index (χ2v) is 14.2. The Labute approximate surface area is 188 Å². The molecular weight excluding hydrogens is 427 g/mol. The molecule has 2 N–H and O–H groups in total. The van der Waals surface area contributed by atoms with E-state index in [1.165, 1.54) is 6.07 Å². The first-order chi connectivity index (χ1) is 15.1. The monoisotopic (exact) mass is 456 g/mol. The summed E-state index contributed by atoms with van der Waals surface area (Å²) >= 11 is 0. The largest absolute Gasteiger partial charge is 0.497 e. The van der Waals surface area contributed by atoms with Gasteiger partial charge >= 0.3 is 0 Å². The molecule has 8 heteroatoms. The summed E-state index contributed by atoms with van der Waals surface area (Å²) in [4.78, 5) is 37.4. The van der Waals surface area contributed by atoms with Crippen LogP contribution in [-0.2, 0) is 20.8 Å². The van der Waals surface area contributed by atoms with Crippen molar-refractivity contribution in [3.05, 3.63) is 59.4 Å². The van der Waals surface area contributed by atoms with Gasteiger partial charge in [0.25, 0.3) is 0 Å². The molecule has 0 saturated carbocycles. The fourth-order valence-electron chi connectivity index (χ4n) is 3.78. The third-order valence-electron chi connectivity index (χ3n) is 5.63. The van der Waals surface area contributed by atoms with Crippen molar-refractivity contribution in [2.75, 3.05) is 13.7 Å². The van der Waals surface area contributed by atoms with Gasteiger partial charge in [-0.15, -0.1) is 0 Å². The van der Waals surface area contributed by atoms with E-state index in [2.05, 4.69) is 30.3 Å². The Balaban J connectivity index is 1.83. The van der Waals surface area contributed by atoms with Crippen LogP contribution in [0.15, 0.2) is 42.5 Å². The van der Waals surface area contributed by atoms with E-state index in [0.717, 1.165) is 0 Å². The number of nitrogens with one attached hydrogen (secondary N) is 2. The number of carbonyl (C=O) groups is 3. The third kappa shape index (κ3) is 5.62. The molecule has 2 atom stereocenters. The zero-order valence-electron chi connectivity index (χ0n) is 18.8. The average molecular weight is 457 g/mol. The van der Waals surface area contributed by atoms with Crippen molar-refractivity contribution in [3.63, 3.8) is 0 Å². The minimum atomic E-state index is -1.83. The maximum atomic E-state index is 14.7. The van der Waals surface area contributed by atoms with E-state index in [4.69, 9.17) is 4.74 Å². The molecule has 1 saturated heterocycles. The minimum Gasteiger partial charge on any atom is -0.497 e. The lowest BCUT2D eigenvalue weighted by molar-refractivity contribution is -0.130. The second-order valence-electron chi connectivity index (χ2n) is 9.13. The highest BCUT2D eigenvalue weighted by Crippen LogP contribution is 2.22. The van der Waals surface area contributed by atoms with Gasteiger partial charge in [0.2, 0.25) is 11.8 Å². The van der Waals surface area contributed by atoms with Crippen LogP contribution in [0, 0.1) is 11.7 Å². The molecule has 0 spiro atoms. The number of halogens is 1. The van der Waals surface area contributed by atoms with Crippen molar-refractivity contribution in [2.24, 2.45) is 5.92 Å². The van der Waals surface area contributed by atoms with E-state index in [-0.39, 0.29) is 42.8 Å². The number of benzene rings is 2. The quantitative estimate of drug-likeness (QED) is 0.598. The van der Waals surface area contributed by atoms with Crippen LogP contribution in [0.2, 0.25) is 19.6 Å². The zero-order valence-corrected chi connectivity index (χ0v) is 19.8. The molecule has 1 aliphatic rings. The topological polar surface area (TPSA) is 84.5 Å². The predicted molar refractivity (Wildman–Crippen MR) is 123 cm³/mol. The first-order valence-corrected chi connectivity index (χ1v) is 14.1. The second kappa shape index (κ2) is 9.64. The first-order valence-electron chi connectivity index (χ1n) is 10.6. The fourth-order valence-corrected chi connectivity index (χ4v) is 5.15. The lowest BCUT2D eigenvalue weighted by Crippen LogP contribution is -2.40. The summed E-state index contributed by atoms with van der Waals surface area (Å²) in [7, 11) is -0.285. The normalized spacial score (nSPS) is 16.9. The SMILES string of the molecule is COc1ccc([C@H](NC(=O)[C@@H]2CNC(=O)C2)C(=O)Cc2ccc([Si](C)(C)C)c(F)c2)cc1. The minimum absolute atomic E-state index is 0.0261. The summed E-state index contributed by atoms with van der Waals surface area (Å²) in [5, 5.41) is 6.14. The van der Waals surface area contributed by atoms with Crippen LogP contribution >= 0.6 is 0 Å². The van der Waals surface area contributed by atoms with E-state index >= 15 is 0 Å². The Hall–Kier alpha value is -3.00. The van der Waals surface area contributed by atoms with Crippen LogP contribution in [-0.4, -0.2) is 39.3 Å². The van der Waals surface area contributed by atoms with Crippen molar-refractivity contribution in [3.8, 4) is 5.75 Å². The number of rotatable bonds is 8. The highest BCUT2D eigenvalue weighted by Gasteiger charge is 2.32. The van der Waals surface area contributed by atoms with Crippen LogP contribution in [0.5, 0.6) is 5.75 Å². The molecule has 2 amide bonds. The molecule has 1 heterocycles. The lowest BCUT2D eigenvalue weighted by atomic mass is 9.96. The summed E-state index contributed by atoms with van der Waals surface area (Å²) < 4.78 is 19.8. The Morgan fingerprint density at radius 1 is 1.19 bits per heavy atom. The molecule has 170 valence electrons. The summed E-state index contributed by atoms with van der Waals surface area (Å²) in [6.45, 7) is 6.44. The predicted octanol–water partition coefficient (Wildman–Crippen LogP) is 2.48. The van der Waals surface area contributed by atoms with Gasteiger partial charge < -0.3 is 15.4 Å². The number of hydrogen-bond acceptors (Lipinski definition) is 4. The van der Waals surface area contributed by atoms with Gasteiger partial charge in [0.15, 0.2) is 5.78 Å². The summed E-state index contributed by atoms with van der Waals surface area (Å²) in [5.74, 6) is -1.00. The molecule has 2 aromatic carbocycles. The Kier molecular flexibility index (Phi) is 7.13. The molecule has 0 aromatic heterocycles. The number of hydrogen-bond donors (Lipinski definition) is 2. The molecule has 0 aliphatic carbocycles. The van der Waals surface area contributed by atoms with E-state index in [9.17, 15) is 18.8 Å². The fraction of sp³-hybridized carbons (Fsp3) is 0.375. The summed E-state index contributed by atoms with van der Waals surface area (Å²) in [6.07, 6.45) is 0.0699. The number of methoxy groups -OCH3 is 1. The number of ether oxygens (including phenoxy) is 1. The van der Waals surface area contributed by atoms with Crippen molar-refractivity contribution < 1.29 is 23.5 Å². The van der Waals surface area contributed by atoms with Gasteiger partial charge in [0.05, 0.1) is 21.1 Å². The van der Waals surface area contributed by atoms with Crippen LogP contribution < -0.4 is 20.6 Å². The number of amides is 2. The molecule has 0 radical (unpaired) electrons. The van der Waals surface area contributed by atoms with Crippen molar-refractivity contribution >= 4 is 30.9 Å². The standard InChI is InChI=1S/C24H29FN2O4Si/c1-31-18-8-6-16(7-9-18)23(27-24(30)17-13-22(29)26-14-17)20(28)12-15-5-10-21(19(25)11-15)32(2,3)4/h5-11,17,23H,12-14H2,1-4H3,(H,26,29)(H,27,30)/t17-,23-/m0/s1. The van der Waals surface area contributed by atoms with Gasteiger partial charge in [0, 0.05) is 19.4 Å². The highest BCUT2D eigenvalue weighted by atomic mass is 28.3. The van der Waals surface area contributed by atoms with E-state index in [1.807, 2.05) is 0 Å². The summed E-state index contributed by atoms with van der Waals surface area (Å²) in [6, 6.07) is 10.9. The Bertz CT molecular complexity index is 1020. The zero-order chi connectivity index (χ0) is 23.5. The number of carbonyl (C=O) groups excluding carboxylic acids is 3. The molecular formula is C24H29FN2O4Si. The maximum Gasteiger partial charge on any atom is 0.226 e. The average Bonchev–Trinajstić information content (AvgIpc) is 3.17. The molecule has 32 heavy (non-hydrogen) atoms. The van der Waals surface area contributed by atoms with Gasteiger partial charge in [-0.25, -0.2) is 4.39 Å². The molecule has 1 aliphatic heterocycles. The van der Waals surface area contributed by atoms with E-state index < -0.39 is 20.0 Å². The van der Waals surface area contributed by atoms with Crippen LogP contribution in [0.3, 0.4) is 0 Å². The van der Waals surface area contributed by atoms with Crippen LogP contribution in [0.25, 0.3) is 0 Å². The molecule has 1 fully saturated rings. The summed E-state index contributed by atoms with van der Waals surface area (Å²) in [5.41, 5.74) is 1.15. The number of Topliss-reactive ketones (excluding diaryl/α,β-unsaturated/α-hetero) is 1. The Morgan fingerprint density at radius 2 is 1.88 bits per heavy atom. The highest BCUT2D eigenvalue weighted by molar-refractivity contribution is 6.88. The van der Waals surface area contributed by atoms with Crippen molar-refractivity contribution in [1.82, 2.24) is 10.6 Å². The van der Waals surface area contributed by atoms with E-state index in [0.29, 0.717) is 22.1 Å². The van der Waals surface area contributed by atoms with Crippen molar-refractivity contribution in [2.45, 2.75) is 38.5 Å². The molecule has 3 rings (SSSR count). The third-order valence-corrected chi connectivity index (χ3v) is 7.65.